The van der Waals surface area contributed by atoms with E-state index in [4.69, 9.17) is 14.6 Å². The summed E-state index contributed by atoms with van der Waals surface area (Å²) < 4.78 is 11.2. The van der Waals surface area contributed by atoms with Gasteiger partial charge in [0, 0.05) is 18.8 Å². The van der Waals surface area contributed by atoms with Crippen LogP contribution in [0.15, 0.2) is 42.5 Å². The van der Waals surface area contributed by atoms with E-state index in [0.29, 0.717) is 18.6 Å². The van der Waals surface area contributed by atoms with Crippen LogP contribution in [-0.2, 0) is 14.3 Å². The summed E-state index contributed by atoms with van der Waals surface area (Å²) in [5, 5.41) is 28.9. The van der Waals surface area contributed by atoms with Crippen LogP contribution in [0.25, 0.3) is 0 Å². The topological polar surface area (TPSA) is 113 Å². The highest BCUT2D eigenvalue weighted by Crippen LogP contribution is 2.29. The molecular weight excluding hydrogens is 388 g/mol. The van der Waals surface area contributed by atoms with Crippen molar-refractivity contribution in [1.29, 1.82) is 0 Å². The van der Waals surface area contributed by atoms with E-state index in [9.17, 15) is 19.8 Å². The lowest BCUT2D eigenvalue weighted by molar-refractivity contribution is -0.137. The van der Waals surface area contributed by atoms with Crippen molar-refractivity contribution in [3.05, 3.63) is 42.5 Å². The molecule has 1 aromatic carbocycles. The summed E-state index contributed by atoms with van der Waals surface area (Å²) in [4.78, 5) is 22.7. The van der Waals surface area contributed by atoms with Crippen molar-refractivity contribution in [1.82, 2.24) is 0 Å². The molecule has 1 fully saturated rings. The minimum absolute atomic E-state index is 0.0222. The maximum absolute atomic E-state index is 12.2. The van der Waals surface area contributed by atoms with Crippen LogP contribution >= 0.6 is 0 Å². The van der Waals surface area contributed by atoms with Crippen LogP contribution in [0.3, 0.4) is 0 Å². The maximum atomic E-state index is 12.2. The van der Waals surface area contributed by atoms with Gasteiger partial charge in [0.2, 0.25) is 0 Å². The number of hydrogen-bond donors (Lipinski definition) is 3. The zero-order chi connectivity index (χ0) is 21.8. The first kappa shape index (κ1) is 24.1. The van der Waals surface area contributed by atoms with Gasteiger partial charge in [-0.3, -0.25) is 9.59 Å². The average Bonchev–Trinajstić information content (AvgIpc) is 2.99. The number of allylic oxidation sites excluding steroid dienone is 2. The lowest BCUT2D eigenvalue weighted by atomic mass is 9.99. The molecule has 1 aliphatic carbocycles. The Morgan fingerprint density at radius 1 is 1.13 bits per heavy atom. The fourth-order valence-corrected chi connectivity index (χ4v) is 3.47. The van der Waals surface area contributed by atoms with Crippen molar-refractivity contribution in [2.45, 2.75) is 63.3 Å². The molecule has 30 heavy (non-hydrogen) atoms. The standard InChI is InChI=1S/C23H32O7/c24-17(15-29-18-10-6-5-7-11-18)16-30-23-19(20(25)14-21(23)26)12-8-3-1-2-4-9-13-22(27)28/h3,5-8,10-11,17,19,21,23-24,26H,1-2,4,9,12-16H2,(H,27,28). The lowest BCUT2D eigenvalue weighted by Crippen LogP contribution is -2.34. The quantitative estimate of drug-likeness (QED) is 0.313. The van der Waals surface area contributed by atoms with Crippen molar-refractivity contribution in [3.63, 3.8) is 0 Å². The van der Waals surface area contributed by atoms with E-state index in [-0.39, 0.29) is 31.8 Å². The van der Waals surface area contributed by atoms with Gasteiger partial charge in [0.15, 0.2) is 0 Å². The third kappa shape index (κ3) is 8.65. The van der Waals surface area contributed by atoms with Crippen molar-refractivity contribution in [2.75, 3.05) is 13.2 Å². The number of rotatable bonds is 14. The Morgan fingerprint density at radius 3 is 2.63 bits per heavy atom. The van der Waals surface area contributed by atoms with Gasteiger partial charge in [-0.1, -0.05) is 36.8 Å². The second kappa shape index (κ2) is 13.2. The number of carbonyl (C=O) groups is 2. The van der Waals surface area contributed by atoms with Crippen LogP contribution < -0.4 is 4.74 Å². The largest absolute Gasteiger partial charge is 0.491 e. The van der Waals surface area contributed by atoms with E-state index >= 15 is 0 Å². The molecule has 4 unspecified atom stereocenters. The Labute approximate surface area is 177 Å². The first-order valence-electron chi connectivity index (χ1n) is 10.5. The highest BCUT2D eigenvalue weighted by atomic mass is 16.5. The third-order valence-electron chi connectivity index (χ3n) is 5.08. The molecular formula is C23H32O7. The summed E-state index contributed by atoms with van der Waals surface area (Å²) in [6.07, 6.45) is 5.52. The van der Waals surface area contributed by atoms with Crippen LogP contribution in [-0.4, -0.2) is 58.6 Å². The Balaban J connectivity index is 1.69. The molecule has 0 aliphatic heterocycles. The SMILES string of the molecule is O=C(O)CCCCCC=CCC1C(=O)CC(O)C1OCC(O)COc1ccccc1. The summed E-state index contributed by atoms with van der Waals surface area (Å²) in [5.41, 5.74) is 0. The monoisotopic (exact) mass is 420 g/mol. The van der Waals surface area contributed by atoms with E-state index in [1.54, 1.807) is 12.1 Å². The molecule has 0 spiro atoms. The van der Waals surface area contributed by atoms with Gasteiger partial charge in [0.05, 0.1) is 18.8 Å². The summed E-state index contributed by atoms with van der Waals surface area (Å²) in [6.45, 7) is 0.0405. The Hall–Kier alpha value is -2.22. The summed E-state index contributed by atoms with van der Waals surface area (Å²) in [5.74, 6) is -0.579. The molecule has 1 saturated carbocycles. The van der Waals surface area contributed by atoms with Gasteiger partial charge in [-0.15, -0.1) is 0 Å². The van der Waals surface area contributed by atoms with Gasteiger partial charge in [-0.05, 0) is 37.8 Å². The Morgan fingerprint density at radius 2 is 1.90 bits per heavy atom. The second-order valence-corrected chi connectivity index (χ2v) is 7.62. The van der Waals surface area contributed by atoms with Crippen molar-refractivity contribution >= 4 is 11.8 Å². The molecule has 4 atom stereocenters. The molecule has 0 saturated heterocycles. The number of ether oxygens (including phenoxy) is 2. The molecule has 0 bridgehead atoms. The lowest BCUT2D eigenvalue weighted by Gasteiger charge is -2.22. The molecule has 7 heteroatoms. The number of carbonyl (C=O) groups excluding carboxylic acids is 1. The number of ketones is 1. The summed E-state index contributed by atoms with van der Waals surface area (Å²) in [6, 6.07) is 9.14. The van der Waals surface area contributed by atoms with Crippen LogP contribution in [0.2, 0.25) is 0 Å². The van der Waals surface area contributed by atoms with Crippen molar-refractivity contribution in [2.24, 2.45) is 5.92 Å². The van der Waals surface area contributed by atoms with Gasteiger partial charge < -0.3 is 24.8 Å². The van der Waals surface area contributed by atoms with Crippen molar-refractivity contribution < 1.29 is 34.4 Å². The van der Waals surface area contributed by atoms with E-state index in [1.165, 1.54) is 0 Å². The van der Waals surface area contributed by atoms with E-state index in [0.717, 1.165) is 19.3 Å². The zero-order valence-electron chi connectivity index (χ0n) is 17.2. The Kier molecular flexibility index (Phi) is 10.5. The highest BCUT2D eigenvalue weighted by Gasteiger charge is 2.41. The number of carboxylic acid groups (broad SMARTS) is 1. The van der Waals surface area contributed by atoms with E-state index < -0.39 is 30.2 Å². The number of aliphatic hydroxyl groups excluding tert-OH is 2. The number of benzene rings is 1. The minimum Gasteiger partial charge on any atom is -0.491 e. The van der Waals surface area contributed by atoms with Crippen LogP contribution in [0.1, 0.15) is 44.9 Å². The molecule has 0 amide bonds. The van der Waals surface area contributed by atoms with Gasteiger partial charge in [0.1, 0.15) is 24.2 Å². The molecule has 7 nitrogen and oxygen atoms in total. The number of hydrogen-bond acceptors (Lipinski definition) is 6. The first-order chi connectivity index (χ1) is 14.5. The van der Waals surface area contributed by atoms with Crippen LogP contribution in [0.4, 0.5) is 0 Å². The highest BCUT2D eigenvalue weighted by molar-refractivity contribution is 5.85. The molecule has 1 aromatic rings. The number of aliphatic hydroxyl groups is 2. The smallest absolute Gasteiger partial charge is 0.303 e. The predicted molar refractivity (Wildman–Crippen MR) is 111 cm³/mol. The maximum Gasteiger partial charge on any atom is 0.303 e. The fourth-order valence-electron chi connectivity index (χ4n) is 3.47. The molecule has 2 rings (SSSR count). The molecule has 3 N–H and O–H groups in total. The minimum atomic E-state index is -0.867. The zero-order valence-corrected chi connectivity index (χ0v) is 17.2. The van der Waals surface area contributed by atoms with Gasteiger partial charge >= 0.3 is 5.97 Å². The summed E-state index contributed by atoms with van der Waals surface area (Å²) in [7, 11) is 0. The molecule has 0 radical (unpaired) electrons. The summed E-state index contributed by atoms with van der Waals surface area (Å²) >= 11 is 0. The number of Topliss-reactive ketones (excluding diaryl/α,β-unsaturated/α-hetero) is 1. The van der Waals surface area contributed by atoms with Gasteiger partial charge in [-0.2, -0.15) is 0 Å². The van der Waals surface area contributed by atoms with Gasteiger partial charge in [0.25, 0.3) is 0 Å². The molecule has 0 aromatic heterocycles. The average molecular weight is 421 g/mol. The van der Waals surface area contributed by atoms with Gasteiger partial charge in [-0.25, -0.2) is 0 Å². The number of unbranched alkanes of at least 4 members (excludes halogenated alkanes) is 3. The van der Waals surface area contributed by atoms with E-state index in [2.05, 4.69) is 0 Å². The number of para-hydroxylation sites is 1. The van der Waals surface area contributed by atoms with Crippen LogP contribution in [0, 0.1) is 5.92 Å². The molecule has 1 aliphatic rings. The van der Waals surface area contributed by atoms with Crippen molar-refractivity contribution in [3.8, 4) is 5.75 Å². The molecule has 166 valence electrons. The first-order valence-corrected chi connectivity index (χ1v) is 10.5. The van der Waals surface area contributed by atoms with E-state index in [1.807, 2.05) is 30.4 Å². The normalized spacial score (nSPS) is 22.5. The number of aliphatic carboxylic acids is 1. The number of carboxylic acids is 1. The van der Waals surface area contributed by atoms with Crippen LogP contribution in [0.5, 0.6) is 5.75 Å². The Bertz CT molecular complexity index is 673. The fraction of sp³-hybridized carbons (Fsp3) is 0.565. The second-order valence-electron chi connectivity index (χ2n) is 7.62. The predicted octanol–water partition coefficient (Wildman–Crippen LogP) is 2.74. The third-order valence-corrected chi connectivity index (χ3v) is 5.08. The molecule has 0 heterocycles.